The molecule has 3 amide bonds. The number of nitrogens with one attached hydrogen (secondary N) is 1. The summed E-state index contributed by atoms with van der Waals surface area (Å²) >= 11 is 0. The Labute approximate surface area is 145 Å². The highest BCUT2D eigenvalue weighted by molar-refractivity contribution is 6.39. The van der Waals surface area contributed by atoms with Gasteiger partial charge in [-0.25, -0.2) is 5.01 Å². The van der Waals surface area contributed by atoms with Crippen molar-refractivity contribution in [2.45, 2.75) is 25.3 Å². The fourth-order valence-corrected chi connectivity index (χ4v) is 2.99. The summed E-state index contributed by atoms with van der Waals surface area (Å²) in [5.41, 5.74) is 0.998. The predicted octanol–water partition coefficient (Wildman–Crippen LogP) is 0.525. The number of anilines is 1. The highest BCUT2D eigenvalue weighted by Gasteiger charge is 2.34. The van der Waals surface area contributed by atoms with Crippen molar-refractivity contribution in [3.8, 4) is 5.75 Å². The second-order valence-corrected chi connectivity index (χ2v) is 6.01. The summed E-state index contributed by atoms with van der Waals surface area (Å²) in [5.74, 6) is 0.0845. The Morgan fingerprint density at radius 3 is 2.72 bits per heavy atom. The lowest BCUT2D eigenvalue weighted by molar-refractivity contribution is -0.130. The molecule has 0 aromatic heterocycles. The molecule has 3 rings (SSSR count). The smallest absolute Gasteiger partial charge is 0.267 e. The summed E-state index contributed by atoms with van der Waals surface area (Å²) < 4.78 is 5.30. The Hall–Kier alpha value is -2.90. The van der Waals surface area contributed by atoms with E-state index < -0.39 is 0 Å². The van der Waals surface area contributed by atoms with Crippen LogP contribution in [0.3, 0.4) is 0 Å². The van der Waals surface area contributed by atoms with Gasteiger partial charge in [-0.2, -0.15) is 5.10 Å². The first-order valence-corrected chi connectivity index (χ1v) is 8.08. The summed E-state index contributed by atoms with van der Waals surface area (Å²) in [6.45, 7) is 0.368. The van der Waals surface area contributed by atoms with Crippen molar-refractivity contribution in [1.82, 2.24) is 10.3 Å². The SMILES string of the molecule is COc1ccccc1N1C[C@H](NC(=O)C2=NN(C)C(=O)CC2)CC1=O. The van der Waals surface area contributed by atoms with Crippen molar-refractivity contribution in [3.05, 3.63) is 24.3 Å². The van der Waals surface area contributed by atoms with Gasteiger partial charge in [0.25, 0.3) is 5.91 Å². The number of rotatable bonds is 4. The average molecular weight is 344 g/mol. The predicted molar refractivity (Wildman–Crippen MR) is 91.3 cm³/mol. The molecule has 1 aromatic rings. The van der Waals surface area contributed by atoms with Gasteiger partial charge < -0.3 is 15.0 Å². The van der Waals surface area contributed by atoms with Gasteiger partial charge in [0.2, 0.25) is 11.8 Å². The first-order valence-electron chi connectivity index (χ1n) is 8.08. The number of carbonyl (C=O) groups excluding carboxylic acids is 3. The van der Waals surface area contributed by atoms with Crippen LogP contribution in [-0.4, -0.2) is 55.2 Å². The molecule has 1 fully saturated rings. The van der Waals surface area contributed by atoms with Crippen molar-refractivity contribution in [3.63, 3.8) is 0 Å². The van der Waals surface area contributed by atoms with Crippen LogP contribution in [0, 0.1) is 0 Å². The molecular formula is C17H20N4O4. The van der Waals surface area contributed by atoms with E-state index in [0.29, 0.717) is 30.1 Å². The number of benzene rings is 1. The first-order chi connectivity index (χ1) is 12.0. The molecular weight excluding hydrogens is 324 g/mol. The summed E-state index contributed by atoms with van der Waals surface area (Å²) in [6, 6.07) is 6.96. The molecule has 8 nitrogen and oxygen atoms in total. The zero-order valence-electron chi connectivity index (χ0n) is 14.2. The van der Waals surface area contributed by atoms with Crippen molar-refractivity contribution >= 4 is 29.1 Å². The molecule has 25 heavy (non-hydrogen) atoms. The standard InChI is InChI=1S/C17H20N4O4/c1-20-15(22)8-7-12(19-20)17(24)18-11-9-16(23)21(10-11)13-5-3-4-6-14(13)25-2/h3-6,11H,7-10H2,1-2H3,(H,18,24)/t11-/m1/s1. The fraction of sp³-hybridized carbons (Fsp3) is 0.412. The maximum Gasteiger partial charge on any atom is 0.267 e. The minimum Gasteiger partial charge on any atom is -0.495 e. The maximum absolute atomic E-state index is 12.3. The van der Waals surface area contributed by atoms with Crippen molar-refractivity contribution in [1.29, 1.82) is 0 Å². The number of para-hydroxylation sites is 2. The Kier molecular flexibility index (Phi) is 4.69. The molecule has 8 heteroatoms. The van der Waals surface area contributed by atoms with E-state index >= 15 is 0 Å². The molecule has 1 saturated heterocycles. The van der Waals surface area contributed by atoms with Crippen LogP contribution in [0.15, 0.2) is 29.4 Å². The molecule has 132 valence electrons. The van der Waals surface area contributed by atoms with Gasteiger partial charge in [-0.3, -0.25) is 14.4 Å². The van der Waals surface area contributed by atoms with E-state index in [4.69, 9.17) is 4.74 Å². The van der Waals surface area contributed by atoms with Crippen LogP contribution in [0.5, 0.6) is 5.75 Å². The zero-order valence-corrected chi connectivity index (χ0v) is 14.2. The Morgan fingerprint density at radius 1 is 1.24 bits per heavy atom. The second-order valence-electron chi connectivity index (χ2n) is 6.01. The van der Waals surface area contributed by atoms with Crippen LogP contribution in [0.25, 0.3) is 0 Å². The number of hydrazone groups is 1. The van der Waals surface area contributed by atoms with Gasteiger partial charge in [-0.05, 0) is 12.1 Å². The minimum atomic E-state index is -0.334. The largest absolute Gasteiger partial charge is 0.495 e. The normalized spacial score (nSPS) is 20.6. The molecule has 0 aliphatic carbocycles. The van der Waals surface area contributed by atoms with E-state index in [1.165, 1.54) is 12.1 Å². The summed E-state index contributed by atoms with van der Waals surface area (Å²) in [7, 11) is 3.08. The van der Waals surface area contributed by atoms with Gasteiger partial charge in [0.1, 0.15) is 11.5 Å². The minimum absolute atomic E-state index is 0.0762. The van der Waals surface area contributed by atoms with Gasteiger partial charge >= 0.3 is 0 Å². The molecule has 0 bridgehead atoms. The van der Waals surface area contributed by atoms with Gasteiger partial charge in [0.05, 0.1) is 18.8 Å². The average Bonchev–Trinajstić information content (AvgIpc) is 2.97. The third-order valence-corrected chi connectivity index (χ3v) is 4.31. The molecule has 0 unspecified atom stereocenters. The van der Waals surface area contributed by atoms with E-state index in [1.807, 2.05) is 18.2 Å². The Balaban J connectivity index is 1.68. The highest BCUT2D eigenvalue weighted by Crippen LogP contribution is 2.31. The number of amides is 3. The van der Waals surface area contributed by atoms with Crippen LogP contribution in [-0.2, 0) is 14.4 Å². The lowest BCUT2D eigenvalue weighted by Gasteiger charge is -2.21. The van der Waals surface area contributed by atoms with E-state index in [2.05, 4.69) is 10.4 Å². The molecule has 2 aliphatic rings. The van der Waals surface area contributed by atoms with Crippen LogP contribution < -0.4 is 15.0 Å². The second kappa shape index (κ2) is 6.92. The van der Waals surface area contributed by atoms with Crippen LogP contribution in [0.1, 0.15) is 19.3 Å². The number of nitrogens with zero attached hydrogens (tertiary/aromatic N) is 3. The van der Waals surface area contributed by atoms with E-state index in [1.54, 1.807) is 18.1 Å². The van der Waals surface area contributed by atoms with Crippen LogP contribution >= 0.6 is 0 Å². The number of methoxy groups -OCH3 is 1. The summed E-state index contributed by atoms with van der Waals surface area (Å²) in [6.07, 6.45) is 0.789. The molecule has 1 aromatic carbocycles. The molecule has 0 saturated carbocycles. The van der Waals surface area contributed by atoms with Gasteiger partial charge in [-0.15, -0.1) is 0 Å². The van der Waals surface area contributed by atoms with Gasteiger partial charge in [0.15, 0.2) is 0 Å². The van der Waals surface area contributed by atoms with Crippen molar-refractivity contribution in [2.75, 3.05) is 25.6 Å². The number of carbonyl (C=O) groups is 3. The van der Waals surface area contributed by atoms with Gasteiger partial charge in [0, 0.05) is 32.9 Å². The van der Waals surface area contributed by atoms with Gasteiger partial charge in [-0.1, -0.05) is 12.1 Å². The van der Waals surface area contributed by atoms with Crippen molar-refractivity contribution in [2.24, 2.45) is 5.10 Å². The molecule has 2 aliphatic heterocycles. The first kappa shape index (κ1) is 16.9. The molecule has 2 heterocycles. The third kappa shape index (κ3) is 3.47. The maximum atomic E-state index is 12.3. The topological polar surface area (TPSA) is 91.3 Å². The number of ether oxygens (including phenoxy) is 1. The third-order valence-electron chi connectivity index (χ3n) is 4.31. The summed E-state index contributed by atoms with van der Waals surface area (Å²) in [4.78, 5) is 37.7. The highest BCUT2D eigenvalue weighted by atomic mass is 16.5. The lowest BCUT2D eigenvalue weighted by atomic mass is 10.1. The summed E-state index contributed by atoms with van der Waals surface area (Å²) in [5, 5.41) is 8.02. The molecule has 0 radical (unpaired) electrons. The van der Waals surface area contributed by atoms with Crippen molar-refractivity contribution < 1.29 is 19.1 Å². The lowest BCUT2D eigenvalue weighted by Crippen LogP contribution is -2.43. The quantitative estimate of drug-likeness (QED) is 0.862. The molecule has 0 spiro atoms. The van der Waals surface area contributed by atoms with E-state index in [0.717, 1.165) is 0 Å². The Bertz CT molecular complexity index is 746. The zero-order chi connectivity index (χ0) is 18.0. The molecule has 1 atom stereocenters. The van der Waals surface area contributed by atoms with Crippen LogP contribution in [0.4, 0.5) is 5.69 Å². The molecule has 1 N–H and O–H groups in total. The van der Waals surface area contributed by atoms with E-state index in [9.17, 15) is 14.4 Å². The number of hydrogen-bond donors (Lipinski definition) is 1. The number of hydrogen-bond acceptors (Lipinski definition) is 5. The fourth-order valence-electron chi connectivity index (χ4n) is 2.99. The Morgan fingerprint density at radius 2 is 2.00 bits per heavy atom. The monoisotopic (exact) mass is 344 g/mol. The van der Waals surface area contributed by atoms with E-state index in [-0.39, 0.29) is 36.6 Å². The van der Waals surface area contributed by atoms with Crippen LogP contribution in [0.2, 0.25) is 0 Å².